The number of rotatable bonds is 10. The predicted molar refractivity (Wildman–Crippen MR) is 333 cm³/mol. The van der Waals surface area contributed by atoms with Crippen molar-refractivity contribution in [3.8, 4) is 39.5 Å². The number of aromatic nitrogens is 4. The highest BCUT2D eigenvalue weighted by molar-refractivity contribution is 6.97. The Morgan fingerprint density at radius 3 is 1.37 bits per heavy atom. The van der Waals surface area contributed by atoms with Crippen LogP contribution in [0.1, 0.15) is 61.0 Å². The molecule has 6 N–H and O–H groups in total. The van der Waals surface area contributed by atoms with Crippen molar-refractivity contribution in [3.63, 3.8) is 0 Å². The number of aliphatic imine (C=N–C) groups is 1. The first-order valence-electron chi connectivity index (χ1n) is 25.2. The van der Waals surface area contributed by atoms with Crippen molar-refractivity contribution in [1.29, 1.82) is 0 Å². The quantitative estimate of drug-likeness (QED) is 0.0325. The molecule has 4 aromatic heterocycles. The summed E-state index contributed by atoms with van der Waals surface area (Å²) in [5.74, 6) is 0.407. The third-order valence-corrected chi connectivity index (χ3v) is 12.9. The zero-order valence-corrected chi connectivity index (χ0v) is 48.9. The number of primary amides is 1. The summed E-state index contributed by atoms with van der Waals surface area (Å²) in [7, 11) is 8.14. The van der Waals surface area contributed by atoms with Gasteiger partial charge < -0.3 is 40.1 Å². The van der Waals surface area contributed by atoms with Crippen molar-refractivity contribution >= 4 is 96.7 Å². The molecule has 5 amide bonds. The van der Waals surface area contributed by atoms with Crippen molar-refractivity contribution in [2.45, 2.75) is 35.1 Å². The van der Waals surface area contributed by atoms with Crippen molar-refractivity contribution in [1.82, 2.24) is 24.4 Å². The van der Waals surface area contributed by atoms with Crippen molar-refractivity contribution in [3.05, 3.63) is 206 Å². The molecular formula is C63H61Cl2N9O12. The second-order valence-corrected chi connectivity index (χ2v) is 18.9. The van der Waals surface area contributed by atoms with Crippen molar-refractivity contribution < 1.29 is 47.8 Å². The van der Waals surface area contributed by atoms with E-state index in [1.54, 1.807) is 116 Å². The molecule has 21 nitrogen and oxygen atoms in total. The molecule has 0 unspecified atom stereocenters. The van der Waals surface area contributed by atoms with Gasteiger partial charge >= 0.3 is 16.5 Å². The fraction of sp³-hybridized carbons (Fsp3) is 0.159. The number of urea groups is 1. The summed E-state index contributed by atoms with van der Waals surface area (Å²) in [6, 6.07) is 37.0. The van der Waals surface area contributed by atoms with E-state index in [2.05, 4.69) is 48.8 Å². The van der Waals surface area contributed by atoms with E-state index in [1.165, 1.54) is 32.4 Å². The number of carbonyl (C=O) groups is 6. The van der Waals surface area contributed by atoms with Crippen LogP contribution in [0.5, 0.6) is 17.2 Å². The summed E-state index contributed by atoms with van der Waals surface area (Å²) < 4.78 is 18.1. The number of methoxy groups -OCH3 is 3. The number of fused-ring (bicyclic) bond motifs is 2. The number of hydrogen-bond acceptors (Lipinski definition) is 15. The highest BCUT2D eigenvalue weighted by atomic mass is 35.5. The maximum atomic E-state index is 13.1. The Labute approximate surface area is 504 Å². The summed E-state index contributed by atoms with van der Waals surface area (Å²) in [5.41, 5.74) is 21.0. The number of nitrogens with one attached hydrogen (secondary N) is 2. The second-order valence-electron chi connectivity index (χ2n) is 18.2. The number of benzene rings is 5. The molecule has 0 atom stereocenters. The van der Waals surface area contributed by atoms with Crippen molar-refractivity contribution in [2.75, 3.05) is 32.4 Å². The van der Waals surface area contributed by atoms with Gasteiger partial charge in [0.2, 0.25) is 12.0 Å². The average molecular weight is 1210 g/mol. The van der Waals surface area contributed by atoms with Crippen LogP contribution >= 0.6 is 23.2 Å². The maximum absolute atomic E-state index is 13.1. The second kappa shape index (κ2) is 31.7. The van der Waals surface area contributed by atoms with Gasteiger partial charge in [0.15, 0.2) is 0 Å². The van der Waals surface area contributed by atoms with Crippen LogP contribution in [0.25, 0.3) is 44.1 Å². The number of nitrogens with two attached hydrogens (primary N) is 2. The molecule has 23 heteroatoms. The fourth-order valence-corrected chi connectivity index (χ4v) is 7.91. The van der Waals surface area contributed by atoms with Crippen LogP contribution in [-0.2, 0) is 28.5 Å². The number of isocyanates is 1. The summed E-state index contributed by atoms with van der Waals surface area (Å²) >= 11 is 8.98. The first kappa shape index (κ1) is 67.9. The number of ether oxygens (including phenoxy) is 3. The van der Waals surface area contributed by atoms with Gasteiger partial charge in [-0.2, -0.15) is 0 Å². The smallest absolute Gasteiger partial charge is 0.326 e. The molecule has 0 aliphatic carbocycles. The van der Waals surface area contributed by atoms with Gasteiger partial charge in [-0.1, -0.05) is 19.6 Å². The van der Waals surface area contributed by atoms with Crippen LogP contribution in [-0.4, -0.2) is 80.7 Å². The van der Waals surface area contributed by atoms with E-state index in [9.17, 15) is 43.2 Å². The molecule has 0 spiro atoms. The van der Waals surface area contributed by atoms with Gasteiger partial charge in [-0.15, -0.1) is 4.99 Å². The monoisotopic (exact) mass is 1210 g/mol. The van der Waals surface area contributed by atoms with Crippen LogP contribution in [0.4, 0.5) is 16.2 Å². The van der Waals surface area contributed by atoms with Gasteiger partial charge in [0, 0.05) is 87.8 Å². The molecular weight excluding hydrogens is 1150 g/mol. The van der Waals surface area contributed by atoms with Gasteiger partial charge in [0.1, 0.15) is 17.2 Å². The first-order valence-corrected chi connectivity index (χ1v) is 25.9. The highest BCUT2D eigenvalue weighted by Gasteiger charge is 2.16. The van der Waals surface area contributed by atoms with Crippen LogP contribution in [0, 0.1) is 27.7 Å². The van der Waals surface area contributed by atoms with E-state index in [-0.39, 0.29) is 18.5 Å². The first-order chi connectivity index (χ1) is 40.4. The number of carbonyl (C=O) groups excluding carboxylic acids is 7. The molecule has 0 saturated carbocycles. The van der Waals surface area contributed by atoms with E-state index >= 15 is 0 Å². The number of halogens is 2. The van der Waals surface area contributed by atoms with Crippen LogP contribution in [0.2, 0.25) is 0 Å². The number of aryl methyl sites for hydroxylation is 6. The number of anilines is 2. The minimum Gasteiger partial charge on any atom is -0.497 e. The summed E-state index contributed by atoms with van der Waals surface area (Å²) in [6.45, 7) is 7.66. The third-order valence-electron chi connectivity index (χ3n) is 12.4. The Balaban J connectivity index is 0.000000259. The highest BCUT2D eigenvalue weighted by Crippen LogP contribution is 2.28. The van der Waals surface area contributed by atoms with E-state index in [4.69, 9.17) is 25.7 Å². The molecule has 5 aromatic carbocycles. The zero-order valence-electron chi connectivity index (χ0n) is 47.4. The van der Waals surface area contributed by atoms with E-state index in [0.717, 1.165) is 55.6 Å². The largest absolute Gasteiger partial charge is 0.497 e. The predicted octanol–water partition coefficient (Wildman–Crippen LogP) is 10.1. The van der Waals surface area contributed by atoms with Crippen LogP contribution in [0.3, 0.4) is 0 Å². The number of nitrogen functional groups attached to an aromatic ring is 1. The average Bonchev–Trinajstić information content (AvgIpc) is 1.39. The molecule has 9 rings (SSSR count). The number of pyridine rings is 4. The molecule has 0 aliphatic heterocycles. The molecule has 86 heavy (non-hydrogen) atoms. The molecule has 0 aliphatic rings. The van der Waals surface area contributed by atoms with Gasteiger partial charge in [-0.3, -0.25) is 48.8 Å². The Hall–Kier alpha value is -10.6. The minimum atomic E-state index is -1.14. The van der Waals surface area contributed by atoms with E-state index in [0.29, 0.717) is 56.3 Å². The van der Waals surface area contributed by atoms with Gasteiger partial charge in [-0.05, 0) is 194 Å². The number of imide groups is 1. The lowest BCUT2D eigenvalue weighted by molar-refractivity contribution is -0.127. The lowest BCUT2D eigenvalue weighted by atomic mass is 9.99. The Morgan fingerprint density at radius 2 is 0.965 bits per heavy atom. The standard InChI is InChI=1S/C26H24N4O4.C17H17N3O.C9H7NO3.C8H9NO2.C2Cl2O2.CH4/c1-15-5-8-19(28-26(33)29-24(31)17-6-9-20(34-4)10-7-17)13-21(15)22-12-18-14-27-16(2)11-23(18)30(3)25(22)32;1-10-4-5-13(18)8-14(10)15-7-12-9-19-11(2)6-16(12)20(3)17(15)21;1-13-8-4-2-7(3-5-8)9(12)10-6-11;1-11-7-4-2-6(3-5-7)8(9)10;3-1(5)2(4)6;/h5-14H,1-4H3,(H2,28,29,31,33);4-9H,18H2,1-3H3;2-5H,1H3;2-5H,1H3,(H2,9,10);;1H4. The normalized spacial score (nSPS) is 9.94. The molecule has 0 fully saturated rings. The maximum Gasteiger partial charge on any atom is 0.326 e. The minimum absolute atomic E-state index is 0. The molecule has 0 bridgehead atoms. The lowest BCUT2D eigenvalue weighted by Crippen LogP contribution is -2.34. The topological polar surface area (TPSA) is 305 Å². The summed E-state index contributed by atoms with van der Waals surface area (Å²) in [4.78, 5) is 112. The molecule has 9 aromatic rings. The Bertz CT molecular complexity index is 4130. The van der Waals surface area contributed by atoms with Crippen LogP contribution < -0.4 is 47.4 Å². The van der Waals surface area contributed by atoms with Gasteiger partial charge in [0.25, 0.3) is 22.9 Å². The Morgan fingerprint density at radius 1 is 0.558 bits per heavy atom. The lowest BCUT2D eigenvalue weighted by Gasteiger charge is -2.13. The third kappa shape index (κ3) is 18.5. The van der Waals surface area contributed by atoms with Gasteiger partial charge in [0.05, 0.1) is 32.4 Å². The molecule has 4 heterocycles. The molecule has 0 saturated heterocycles. The van der Waals surface area contributed by atoms with E-state index in [1.807, 2.05) is 76.2 Å². The zero-order chi connectivity index (χ0) is 62.7. The molecule has 0 radical (unpaired) electrons. The van der Waals surface area contributed by atoms with Crippen LogP contribution in [0.15, 0.2) is 160 Å². The van der Waals surface area contributed by atoms with Gasteiger partial charge in [-0.25, -0.2) is 9.59 Å². The number of nitrogens with zero attached hydrogens (tertiary/aromatic N) is 5. The fourth-order valence-electron chi connectivity index (χ4n) is 7.91. The van der Waals surface area contributed by atoms with Crippen molar-refractivity contribution in [2.24, 2.45) is 24.8 Å². The summed E-state index contributed by atoms with van der Waals surface area (Å²) in [6.07, 6.45) is 4.73. The summed E-state index contributed by atoms with van der Waals surface area (Å²) in [5, 5.41) is 4.46. The molecule has 444 valence electrons. The Kier molecular flexibility index (Phi) is 25.1. The SMILES string of the molecule is C.COc1ccc(C(=O)N=C=O)cc1.COc1ccc(C(=O)NC(=O)Nc2ccc(C)c(-c3cc4cnc(C)cc4n(C)c3=O)c2)cc1.COc1ccc(C(N)=O)cc1.Cc1cc2c(cn1)cc(-c1cc(N)ccc1C)c(=O)n2C.O=C(Cl)C(=O)Cl. The number of hydrogen-bond donors (Lipinski definition) is 4. The number of amides is 5. The van der Waals surface area contributed by atoms with E-state index < -0.39 is 34.2 Å².